The second-order valence-corrected chi connectivity index (χ2v) is 19.2. The van der Waals surface area contributed by atoms with Gasteiger partial charge in [0.05, 0.1) is 30.3 Å². The lowest BCUT2D eigenvalue weighted by Crippen LogP contribution is -2.49. The zero-order valence-electron chi connectivity index (χ0n) is 31.0. The van der Waals surface area contributed by atoms with Crippen LogP contribution in [0.1, 0.15) is 43.8 Å². The molecule has 13 heteroatoms. The van der Waals surface area contributed by atoms with Gasteiger partial charge in [-0.2, -0.15) is 0 Å². The van der Waals surface area contributed by atoms with E-state index in [-0.39, 0.29) is 35.2 Å². The number of carboxylic acids is 1. The molecule has 0 aromatic heterocycles. The van der Waals surface area contributed by atoms with E-state index in [1.165, 1.54) is 22.5 Å². The van der Waals surface area contributed by atoms with Gasteiger partial charge in [-0.3, -0.25) is 14.9 Å². The van der Waals surface area contributed by atoms with Crippen molar-refractivity contribution < 1.29 is 33.7 Å². The number of allylic oxidation sites excluding steroid dienone is 5. The molecule has 0 saturated carbocycles. The van der Waals surface area contributed by atoms with E-state index in [2.05, 4.69) is 80.2 Å². The Kier molecular flexibility index (Phi) is 12.7. The predicted molar refractivity (Wildman–Crippen MR) is 215 cm³/mol. The summed E-state index contributed by atoms with van der Waals surface area (Å²) in [5.41, 5.74) is 6.65. The Labute approximate surface area is 319 Å². The Morgan fingerprint density at radius 1 is 0.943 bits per heavy atom. The molecule has 1 aliphatic heterocycles. The molecular weight excluding hydrogens is 756 g/mol. The number of nitro groups is 1. The smallest absolute Gasteiger partial charge is 0.336 e. The van der Waals surface area contributed by atoms with Gasteiger partial charge >= 0.3 is 5.97 Å². The standard InChI is InChI=1S/C40H45BrN4O7Si/c1-43(2)29-12-15-32-36(24-29)53(5,6)37-25-30(44(3)4)13-16-33(37)38(32)34-22-27(10-14-31(34)40(47)48)39(46)42-17-19-52-21-20-51-18-7-8-26-9-11-28(41)23-35(26)45(49)50/h9-16,22-25H,7-8,17-21H2,1-6H3,(H-,42,46,47,48)/p+1. The number of nitrogens with zero attached hydrogens (tertiary/aromatic N) is 3. The van der Waals surface area contributed by atoms with Crippen LogP contribution in [0.25, 0.3) is 5.57 Å². The number of aromatic carboxylic acids is 1. The summed E-state index contributed by atoms with van der Waals surface area (Å²) >= 11 is 3.27. The number of hydrogen-bond acceptors (Lipinski definition) is 7. The van der Waals surface area contributed by atoms with Crippen LogP contribution in [-0.4, -0.2) is 101 Å². The number of halogens is 1. The van der Waals surface area contributed by atoms with Crippen molar-refractivity contribution in [2.45, 2.75) is 25.9 Å². The highest BCUT2D eigenvalue weighted by atomic mass is 79.9. The van der Waals surface area contributed by atoms with Crippen LogP contribution in [0.15, 0.2) is 88.1 Å². The summed E-state index contributed by atoms with van der Waals surface area (Å²) in [5, 5.41) is 27.0. The van der Waals surface area contributed by atoms with Gasteiger partial charge in [0.2, 0.25) is 0 Å². The number of hydrogen-bond donors (Lipinski definition) is 2. The Hall–Kier alpha value is -4.69. The van der Waals surface area contributed by atoms with Crippen molar-refractivity contribution in [3.05, 3.63) is 126 Å². The first-order valence-corrected chi connectivity index (χ1v) is 21.3. The SMILES string of the molecule is CN(C)c1ccc2c(c1)[Si](C)(C)C1=CC(=[N+](C)C)C=CC1=C2c1cc(C(=O)NCCOCCOCCCc2ccc(Br)cc2[N+](=O)[O-])ccc1C(=O)O. The highest BCUT2D eigenvalue weighted by molar-refractivity contribution is 9.10. The van der Waals surface area contributed by atoms with Gasteiger partial charge in [-0.1, -0.05) is 41.2 Å². The molecule has 2 N–H and O–H groups in total. The van der Waals surface area contributed by atoms with Gasteiger partial charge in [0.25, 0.3) is 11.6 Å². The zero-order chi connectivity index (χ0) is 38.4. The van der Waals surface area contributed by atoms with Crippen LogP contribution in [0.3, 0.4) is 0 Å². The predicted octanol–water partition coefficient (Wildman–Crippen LogP) is 6.00. The van der Waals surface area contributed by atoms with Crippen LogP contribution in [0, 0.1) is 10.1 Å². The summed E-state index contributed by atoms with van der Waals surface area (Å²) in [4.78, 5) is 39.1. The lowest BCUT2D eigenvalue weighted by atomic mass is 9.86. The molecule has 0 bridgehead atoms. The van der Waals surface area contributed by atoms with Gasteiger partial charge < -0.3 is 24.8 Å². The summed E-state index contributed by atoms with van der Waals surface area (Å²) in [5.74, 6) is -1.40. The van der Waals surface area contributed by atoms with E-state index in [9.17, 15) is 24.8 Å². The number of anilines is 1. The monoisotopic (exact) mass is 801 g/mol. The summed E-state index contributed by atoms with van der Waals surface area (Å²) < 4.78 is 14.0. The Bertz CT molecular complexity index is 2070. The lowest BCUT2D eigenvalue weighted by Gasteiger charge is -2.38. The van der Waals surface area contributed by atoms with Gasteiger partial charge in [-0.15, -0.1) is 0 Å². The van der Waals surface area contributed by atoms with Crippen LogP contribution in [-0.2, 0) is 15.9 Å². The van der Waals surface area contributed by atoms with Crippen molar-refractivity contribution in [3.8, 4) is 0 Å². The van der Waals surface area contributed by atoms with Crippen molar-refractivity contribution in [2.24, 2.45) is 0 Å². The van der Waals surface area contributed by atoms with Crippen LogP contribution in [0.2, 0.25) is 13.1 Å². The second kappa shape index (κ2) is 17.0. The third-order valence-corrected chi connectivity index (χ3v) is 13.6. The minimum absolute atomic E-state index is 0.0881. The number of carboxylic acid groups (broad SMARTS) is 1. The van der Waals surface area contributed by atoms with Gasteiger partial charge in [0.1, 0.15) is 22.2 Å². The van der Waals surface area contributed by atoms with E-state index in [1.54, 1.807) is 24.3 Å². The molecule has 0 spiro atoms. The molecule has 5 rings (SSSR count). The molecule has 1 amide bonds. The Morgan fingerprint density at radius 2 is 1.68 bits per heavy atom. The van der Waals surface area contributed by atoms with Gasteiger partial charge in [0, 0.05) is 66.8 Å². The molecular formula is C40H46BrN4O7Si+. The van der Waals surface area contributed by atoms with Crippen LogP contribution >= 0.6 is 15.9 Å². The van der Waals surface area contributed by atoms with E-state index in [0.29, 0.717) is 53.8 Å². The maximum absolute atomic E-state index is 13.4. The van der Waals surface area contributed by atoms with Crippen molar-refractivity contribution in [1.82, 2.24) is 5.32 Å². The number of carbonyl (C=O) groups is 2. The van der Waals surface area contributed by atoms with Crippen LogP contribution < -0.4 is 15.4 Å². The molecule has 53 heavy (non-hydrogen) atoms. The molecule has 3 aromatic carbocycles. The summed E-state index contributed by atoms with van der Waals surface area (Å²) in [6.07, 6.45) is 7.53. The topological polar surface area (TPSA) is 134 Å². The first-order valence-electron chi connectivity index (χ1n) is 17.5. The minimum atomic E-state index is -2.25. The molecule has 11 nitrogen and oxygen atoms in total. The molecule has 0 radical (unpaired) electrons. The molecule has 3 aromatic rings. The summed E-state index contributed by atoms with van der Waals surface area (Å²) in [7, 11) is 5.80. The van der Waals surface area contributed by atoms with Crippen molar-refractivity contribution >= 4 is 63.7 Å². The van der Waals surface area contributed by atoms with E-state index in [1.807, 2.05) is 28.2 Å². The first-order chi connectivity index (χ1) is 25.2. The molecule has 278 valence electrons. The van der Waals surface area contributed by atoms with E-state index in [0.717, 1.165) is 28.1 Å². The quantitative estimate of drug-likeness (QED) is 0.0629. The molecule has 2 aliphatic rings. The zero-order valence-corrected chi connectivity index (χ0v) is 33.6. The average Bonchev–Trinajstić information content (AvgIpc) is 3.12. The number of carbonyl (C=O) groups excluding carboxylic acids is 1. The normalized spacial score (nSPS) is 14.3. The van der Waals surface area contributed by atoms with E-state index >= 15 is 0 Å². The number of amides is 1. The maximum atomic E-state index is 13.4. The fourth-order valence-electron chi connectivity index (χ4n) is 6.69. The van der Waals surface area contributed by atoms with E-state index < -0.39 is 14.0 Å². The number of aryl methyl sites for hydroxylation is 1. The van der Waals surface area contributed by atoms with Crippen LogP contribution in [0.5, 0.6) is 0 Å². The van der Waals surface area contributed by atoms with Gasteiger partial charge in [0.15, 0.2) is 5.71 Å². The highest BCUT2D eigenvalue weighted by Crippen LogP contribution is 2.43. The Morgan fingerprint density at radius 3 is 2.36 bits per heavy atom. The number of rotatable bonds is 15. The van der Waals surface area contributed by atoms with Crippen molar-refractivity contribution in [1.29, 1.82) is 0 Å². The third kappa shape index (κ3) is 8.93. The van der Waals surface area contributed by atoms with Crippen molar-refractivity contribution in [3.63, 3.8) is 0 Å². The largest absolute Gasteiger partial charge is 0.478 e. The Balaban J connectivity index is 1.26. The maximum Gasteiger partial charge on any atom is 0.336 e. The van der Waals surface area contributed by atoms with Gasteiger partial charge in [-0.25, -0.2) is 9.37 Å². The number of nitro benzene ring substituents is 1. The van der Waals surface area contributed by atoms with Crippen LogP contribution in [0.4, 0.5) is 11.4 Å². The average molecular weight is 803 g/mol. The fourth-order valence-corrected chi connectivity index (χ4v) is 10.1. The van der Waals surface area contributed by atoms with Gasteiger partial charge in [-0.05, 0) is 88.0 Å². The van der Waals surface area contributed by atoms with E-state index in [4.69, 9.17) is 9.47 Å². The minimum Gasteiger partial charge on any atom is -0.478 e. The number of ether oxygens (including phenoxy) is 2. The summed E-state index contributed by atoms with van der Waals surface area (Å²) in [6.45, 7) is 6.29. The lowest BCUT2D eigenvalue weighted by molar-refractivity contribution is -0.462. The molecule has 0 fully saturated rings. The molecule has 0 atom stereocenters. The summed E-state index contributed by atoms with van der Waals surface area (Å²) in [6, 6.07) is 16.2. The molecule has 1 heterocycles. The molecule has 0 saturated heterocycles. The number of benzene rings is 3. The van der Waals surface area contributed by atoms with Crippen molar-refractivity contribution in [2.75, 3.05) is 66.1 Å². The second-order valence-electron chi connectivity index (χ2n) is 13.9. The molecule has 1 aliphatic carbocycles. The highest BCUT2D eigenvalue weighted by Gasteiger charge is 2.41. The molecule has 0 unspecified atom stereocenters. The number of nitrogens with one attached hydrogen (secondary N) is 1. The third-order valence-electron chi connectivity index (χ3n) is 9.59. The fraction of sp³-hybridized carbons (Fsp3) is 0.325. The first kappa shape index (κ1) is 39.5. The number of fused-ring (bicyclic) bond motifs is 2.